The number of methoxy groups -OCH3 is 2. The Balaban J connectivity index is 1.74. The Morgan fingerprint density at radius 1 is 0.821 bits per heavy atom. The van der Waals surface area contributed by atoms with E-state index in [1.807, 2.05) is 113 Å². The van der Waals surface area contributed by atoms with Crippen molar-refractivity contribution in [1.29, 1.82) is 0 Å². The van der Waals surface area contributed by atoms with Crippen molar-refractivity contribution in [3.8, 4) is 0 Å². The fourth-order valence-electron chi connectivity index (χ4n) is 9.60. The lowest BCUT2D eigenvalue weighted by Crippen LogP contribution is -2.59. The van der Waals surface area contributed by atoms with Crippen molar-refractivity contribution in [2.45, 2.75) is 169 Å². The highest BCUT2D eigenvalue weighted by Gasteiger charge is 2.43. The minimum absolute atomic E-state index is 0.0202. The molecule has 14 nitrogen and oxygen atoms in total. The molecule has 67 heavy (non-hydrogen) atoms. The lowest BCUT2D eigenvalue weighted by Gasteiger charge is -2.41. The number of carbonyl (C=O) groups is 5. The summed E-state index contributed by atoms with van der Waals surface area (Å²) in [6.45, 7) is 21.0. The number of rotatable bonds is 26. The van der Waals surface area contributed by atoms with Crippen LogP contribution in [0.15, 0.2) is 54.6 Å². The summed E-state index contributed by atoms with van der Waals surface area (Å²) in [4.78, 5) is 75.1. The molecule has 0 aliphatic carbocycles. The van der Waals surface area contributed by atoms with Crippen LogP contribution in [0.3, 0.4) is 0 Å². The van der Waals surface area contributed by atoms with Crippen LogP contribution in [0.4, 0.5) is 5.69 Å². The molecule has 0 radical (unpaired) electrons. The van der Waals surface area contributed by atoms with Gasteiger partial charge in [-0.3, -0.25) is 28.9 Å². The average Bonchev–Trinajstić information content (AvgIpc) is 3.76. The monoisotopic (exact) mass is 934 g/mol. The van der Waals surface area contributed by atoms with Crippen LogP contribution in [-0.4, -0.2) is 134 Å². The summed E-state index contributed by atoms with van der Waals surface area (Å²) in [5, 5.41) is 12.8. The zero-order valence-corrected chi connectivity index (χ0v) is 43.6. The van der Waals surface area contributed by atoms with Gasteiger partial charge in [-0.15, -0.1) is 0 Å². The van der Waals surface area contributed by atoms with Crippen molar-refractivity contribution >= 4 is 35.2 Å². The molecule has 5 amide bonds. The predicted octanol–water partition coefficient (Wildman–Crippen LogP) is 6.67. The van der Waals surface area contributed by atoms with Gasteiger partial charge in [-0.1, -0.05) is 97.4 Å². The van der Waals surface area contributed by atoms with Gasteiger partial charge in [0.15, 0.2) is 0 Å². The molecule has 1 heterocycles. The Kier molecular flexibility index (Phi) is 22.8. The molecule has 1 aliphatic rings. The summed E-state index contributed by atoms with van der Waals surface area (Å²) in [5.41, 5.74) is 3.00. The van der Waals surface area contributed by atoms with Crippen LogP contribution in [-0.2, 0) is 46.4 Å². The highest BCUT2D eigenvalue weighted by atomic mass is 16.5. The molecule has 2 aromatic rings. The molecule has 2 aromatic carbocycles. The maximum Gasteiger partial charge on any atom is 0.245 e. The Morgan fingerprint density at radius 2 is 1.46 bits per heavy atom. The van der Waals surface area contributed by atoms with Gasteiger partial charge in [0.25, 0.3) is 0 Å². The quantitative estimate of drug-likeness (QED) is 0.0808. The Bertz CT molecular complexity index is 1840. The van der Waals surface area contributed by atoms with Crippen molar-refractivity contribution in [2.24, 2.45) is 23.7 Å². The van der Waals surface area contributed by atoms with Crippen LogP contribution in [0.1, 0.15) is 119 Å². The van der Waals surface area contributed by atoms with Crippen LogP contribution in [0.2, 0.25) is 0 Å². The number of amides is 5. The van der Waals surface area contributed by atoms with E-state index in [1.54, 1.807) is 26.2 Å². The molecule has 4 N–H and O–H groups in total. The van der Waals surface area contributed by atoms with E-state index in [0.29, 0.717) is 32.4 Å². The molecule has 0 saturated carbocycles. The Labute approximate surface area is 403 Å². The Morgan fingerprint density at radius 3 is 2.00 bits per heavy atom. The van der Waals surface area contributed by atoms with Gasteiger partial charge < -0.3 is 40.5 Å². The minimum atomic E-state index is -0.772. The van der Waals surface area contributed by atoms with Crippen LogP contribution >= 0.6 is 0 Å². The zero-order valence-electron chi connectivity index (χ0n) is 43.6. The van der Waals surface area contributed by atoms with Gasteiger partial charge in [-0.2, -0.15) is 0 Å². The van der Waals surface area contributed by atoms with Crippen molar-refractivity contribution in [3.05, 3.63) is 65.7 Å². The summed E-state index contributed by atoms with van der Waals surface area (Å²) < 4.78 is 12.2. The molecule has 0 aromatic heterocycles. The number of nitrogens with one attached hydrogen (secondary N) is 4. The number of ether oxygens (including phenoxy) is 2. The lowest BCUT2D eigenvalue weighted by molar-refractivity contribution is -0.148. The first-order valence-corrected chi connectivity index (χ1v) is 24.6. The highest BCUT2D eigenvalue weighted by molar-refractivity contribution is 5.90. The smallest absolute Gasteiger partial charge is 0.245 e. The molecule has 14 heteroatoms. The minimum Gasteiger partial charge on any atom is -0.380 e. The number of nitrogens with zero attached hydrogens (tertiary/aromatic N) is 3. The van der Waals surface area contributed by atoms with E-state index < -0.39 is 36.3 Å². The van der Waals surface area contributed by atoms with Gasteiger partial charge in [-0.05, 0) is 102 Å². The molecular weight excluding hydrogens is 847 g/mol. The van der Waals surface area contributed by atoms with Crippen molar-refractivity contribution < 1.29 is 33.4 Å². The van der Waals surface area contributed by atoms with E-state index in [4.69, 9.17) is 9.47 Å². The normalized spacial score (nSPS) is 17.8. The van der Waals surface area contributed by atoms with Gasteiger partial charge in [-0.25, -0.2) is 0 Å². The van der Waals surface area contributed by atoms with Crippen molar-refractivity contribution in [2.75, 3.05) is 47.2 Å². The van der Waals surface area contributed by atoms with Crippen LogP contribution in [0.25, 0.3) is 0 Å². The van der Waals surface area contributed by atoms with Gasteiger partial charge in [0.1, 0.15) is 6.04 Å². The van der Waals surface area contributed by atoms with Gasteiger partial charge >= 0.3 is 0 Å². The molecule has 3 rings (SSSR count). The van der Waals surface area contributed by atoms with Gasteiger partial charge in [0.2, 0.25) is 29.5 Å². The van der Waals surface area contributed by atoms with E-state index >= 15 is 0 Å². The number of anilines is 1. The number of likely N-dealkylation sites (N-methyl/N-ethyl adjacent to an activating group) is 2. The summed E-state index contributed by atoms with van der Waals surface area (Å²) in [6, 6.07) is 15.6. The summed E-state index contributed by atoms with van der Waals surface area (Å²) >= 11 is 0. The summed E-state index contributed by atoms with van der Waals surface area (Å²) in [6.07, 6.45) is 2.14. The van der Waals surface area contributed by atoms with Gasteiger partial charge in [0, 0.05) is 58.0 Å². The van der Waals surface area contributed by atoms with Crippen molar-refractivity contribution in [3.63, 3.8) is 0 Å². The molecule has 376 valence electrons. The van der Waals surface area contributed by atoms with Crippen LogP contribution in [0.5, 0.6) is 0 Å². The Hall–Kier alpha value is -4.53. The maximum absolute atomic E-state index is 14.5. The van der Waals surface area contributed by atoms with E-state index in [-0.39, 0.29) is 77.8 Å². The first kappa shape index (κ1) is 56.8. The van der Waals surface area contributed by atoms with E-state index in [9.17, 15) is 24.0 Å². The maximum atomic E-state index is 14.5. The molecule has 1 saturated heterocycles. The number of hydrogen-bond acceptors (Lipinski definition) is 9. The third-order valence-corrected chi connectivity index (χ3v) is 13.3. The largest absolute Gasteiger partial charge is 0.380 e. The number of benzene rings is 2. The van der Waals surface area contributed by atoms with Crippen LogP contribution in [0, 0.1) is 23.7 Å². The zero-order chi connectivity index (χ0) is 50.2. The summed E-state index contributed by atoms with van der Waals surface area (Å²) in [5.74, 6) is -1.68. The predicted molar refractivity (Wildman–Crippen MR) is 268 cm³/mol. The molecular formula is C53H87N7O7. The fraction of sp³-hybridized carbons (Fsp3) is 0.679. The lowest BCUT2D eigenvalue weighted by atomic mass is 9.89. The van der Waals surface area contributed by atoms with E-state index in [1.165, 1.54) is 0 Å². The first-order valence-electron chi connectivity index (χ1n) is 24.6. The number of hydrogen-bond donors (Lipinski definition) is 4. The fourth-order valence-corrected chi connectivity index (χ4v) is 9.60. The molecule has 9 atom stereocenters. The second-order valence-corrected chi connectivity index (χ2v) is 20.8. The molecule has 0 bridgehead atoms. The highest BCUT2D eigenvalue weighted by Crippen LogP contribution is 2.30. The second kappa shape index (κ2) is 26.9. The SMILES string of the molecule is CC[C@H](C)[C@@H]([C@@H](CC(=O)N1CCC[C@H]1[C@H](OC)[C@@H](C)C(=O)N[C@H](CCC(=O)NCc1ccc(NC(C)(C)C)cc1)Cc1ccccc1)OC)N(C)C(=O)[C@@H](NC(=O)[C@H](C(C)C)N(C)C)C(C)C. The third kappa shape index (κ3) is 17.2. The molecule has 1 fully saturated rings. The van der Waals surface area contributed by atoms with Gasteiger partial charge in [0.05, 0.1) is 42.7 Å². The average molecular weight is 934 g/mol. The standard InChI is InChI=1S/C53H87N7O7/c1-16-36(6)48(59(13)52(65)46(34(2)3)56-51(64)47(35(4)5)58(11)12)43(66-14)32-45(62)60-30-20-23-42(60)49(67-15)37(7)50(63)55-41(31-38-21-18-17-19-22-38)28-29-44(61)54-33-39-24-26-40(27-25-39)57-53(8,9)10/h17-19,21-22,24-27,34-37,41-43,46-49,57H,16,20,23,28-33H2,1-15H3,(H,54,61)(H,55,63)(H,56,64)/t36-,37+,41+,42-,43+,46-,47-,48-,49+/m0/s1. The second-order valence-electron chi connectivity index (χ2n) is 20.8. The van der Waals surface area contributed by atoms with E-state index in [2.05, 4.69) is 55.9 Å². The molecule has 0 spiro atoms. The first-order chi connectivity index (χ1) is 31.5. The molecule has 1 aliphatic heterocycles. The van der Waals surface area contributed by atoms with E-state index in [0.717, 1.165) is 29.7 Å². The van der Waals surface area contributed by atoms with Crippen LogP contribution < -0.4 is 21.3 Å². The third-order valence-electron chi connectivity index (χ3n) is 13.3. The summed E-state index contributed by atoms with van der Waals surface area (Å²) in [7, 11) is 8.62. The number of carbonyl (C=O) groups excluding carboxylic acids is 5. The van der Waals surface area contributed by atoms with Crippen molar-refractivity contribution in [1.82, 2.24) is 30.7 Å². The number of likely N-dealkylation sites (tertiary alicyclic amines) is 1. The topological polar surface area (TPSA) is 162 Å². The molecule has 0 unspecified atom stereocenters.